The highest BCUT2D eigenvalue weighted by Gasteiger charge is 2.22. The molecule has 8 heteroatoms. The van der Waals surface area contributed by atoms with Crippen molar-refractivity contribution in [3.8, 4) is 11.5 Å². The molecule has 0 atom stereocenters. The molecule has 0 fully saturated rings. The molecule has 4 aromatic rings. The Labute approximate surface area is 199 Å². The summed E-state index contributed by atoms with van der Waals surface area (Å²) in [5, 5.41) is 2.81. The Balaban J connectivity index is 1.39. The van der Waals surface area contributed by atoms with Crippen molar-refractivity contribution >= 4 is 21.6 Å². The summed E-state index contributed by atoms with van der Waals surface area (Å²) in [5.41, 5.74) is 3.57. The van der Waals surface area contributed by atoms with Gasteiger partial charge in [0.15, 0.2) is 0 Å². The molecular weight excluding hydrogens is 450 g/mol. The van der Waals surface area contributed by atoms with Crippen molar-refractivity contribution in [1.29, 1.82) is 0 Å². The van der Waals surface area contributed by atoms with Crippen LogP contribution in [0.5, 0.6) is 0 Å². The van der Waals surface area contributed by atoms with E-state index in [4.69, 9.17) is 4.42 Å². The predicted molar refractivity (Wildman–Crippen MR) is 131 cm³/mol. The molecule has 0 radical (unpaired) electrons. The van der Waals surface area contributed by atoms with Crippen LogP contribution in [0.25, 0.3) is 11.5 Å². The summed E-state index contributed by atoms with van der Waals surface area (Å²) in [6, 6.07) is 22.7. The largest absolute Gasteiger partial charge is 0.444 e. The van der Waals surface area contributed by atoms with Crippen molar-refractivity contribution < 1.29 is 17.6 Å². The van der Waals surface area contributed by atoms with Gasteiger partial charge < -0.3 is 9.73 Å². The van der Waals surface area contributed by atoms with Crippen LogP contribution in [0.3, 0.4) is 0 Å². The van der Waals surface area contributed by atoms with Gasteiger partial charge in [0.2, 0.25) is 5.89 Å². The number of benzene rings is 3. The number of oxazole rings is 1. The summed E-state index contributed by atoms with van der Waals surface area (Å²) in [7, 11) is -2.32. The zero-order valence-corrected chi connectivity index (χ0v) is 19.7. The number of aromatic nitrogens is 1. The Morgan fingerprint density at radius 1 is 1.00 bits per heavy atom. The monoisotopic (exact) mass is 475 g/mol. The first-order valence-corrected chi connectivity index (χ1v) is 12.2. The summed E-state index contributed by atoms with van der Waals surface area (Å²) in [6.45, 7) is 2.35. The zero-order valence-electron chi connectivity index (χ0n) is 18.9. The van der Waals surface area contributed by atoms with Gasteiger partial charge in [-0.15, -0.1) is 0 Å². The van der Waals surface area contributed by atoms with Gasteiger partial charge in [0.25, 0.3) is 15.9 Å². The number of rotatable bonds is 8. The number of nitrogens with zero attached hydrogens (tertiary/aromatic N) is 2. The third-order valence-electron chi connectivity index (χ3n) is 5.39. The molecule has 1 amide bonds. The lowest BCUT2D eigenvalue weighted by Crippen LogP contribution is -2.28. The van der Waals surface area contributed by atoms with Gasteiger partial charge in [-0.1, -0.05) is 42.0 Å². The van der Waals surface area contributed by atoms with Crippen LogP contribution in [0.1, 0.15) is 21.6 Å². The van der Waals surface area contributed by atoms with E-state index in [1.807, 2.05) is 37.3 Å². The number of nitrogens with one attached hydrogen (secondary N) is 1. The Hall–Kier alpha value is -3.91. The lowest BCUT2D eigenvalue weighted by Gasteiger charge is -2.19. The first-order valence-electron chi connectivity index (χ1n) is 10.8. The molecule has 1 N–H and O–H groups in total. The fraction of sp³-hybridized carbons (Fsp3) is 0.154. The second-order valence-corrected chi connectivity index (χ2v) is 9.82. The number of aryl methyl sites for hydroxylation is 1. The van der Waals surface area contributed by atoms with Crippen molar-refractivity contribution in [1.82, 2.24) is 10.3 Å². The van der Waals surface area contributed by atoms with E-state index in [2.05, 4.69) is 10.3 Å². The first kappa shape index (κ1) is 23.3. The number of carbonyl (C=O) groups excluding carboxylic acids is 1. The SMILES string of the molecule is Cc1ccc(-c2nc(CCNC(=O)c3cccc(S(=O)(=O)N(C)c4ccccc4)c3)co2)cc1. The predicted octanol–water partition coefficient (Wildman–Crippen LogP) is 4.45. The summed E-state index contributed by atoms with van der Waals surface area (Å²) in [4.78, 5) is 17.2. The summed E-state index contributed by atoms with van der Waals surface area (Å²) in [5.74, 6) is 0.170. The van der Waals surface area contributed by atoms with Gasteiger partial charge in [0, 0.05) is 31.1 Å². The van der Waals surface area contributed by atoms with Crippen LogP contribution >= 0.6 is 0 Å². The fourth-order valence-electron chi connectivity index (χ4n) is 3.39. The summed E-state index contributed by atoms with van der Waals surface area (Å²) >= 11 is 0. The van der Waals surface area contributed by atoms with Crippen molar-refractivity contribution in [3.63, 3.8) is 0 Å². The highest BCUT2D eigenvalue weighted by atomic mass is 32.2. The van der Waals surface area contributed by atoms with Crippen molar-refractivity contribution in [2.45, 2.75) is 18.2 Å². The molecule has 0 saturated heterocycles. The Kier molecular flexibility index (Phi) is 6.79. The number of hydrogen-bond acceptors (Lipinski definition) is 5. The van der Waals surface area contributed by atoms with Crippen molar-refractivity contribution in [2.75, 3.05) is 17.9 Å². The van der Waals surface area contributed by atoms with E-state index >= 15 is 0 Å². The first-order chi connectivity index (χ1) is 16.3. The molecular formula is C26H25N3O4S. The normalized spacial score (nSPS) is 11.2. The van der Waals surface area contributed by atoms with Gasteiger partial charge in [0.05, 0.1) is 16.3 Å². The second kappa shape index (κ2) is 9.93. The number of hydrogen-bond donors (Lipinski definition) is 1. The Morgan fingerprint density at radius 2 is 1.74 bits per heavy atom. The van der Waals surface area contributed by atoms with Gasteiger partial charge in [-0.25, -0.2) is 13.4 Å². The highest BCUT2D eigenvalue weighted by Crippen LogP contribution is 2.22. The van der Waals surface area contributed by atoms with Crippen LogP contribution in [-0.2, 0) is 16.4 Å². The van der Waals surface area contributed by atoms with E-state index in [-0.39, 0.29) is 16.4 Å². The van der Waals surface area contributed by atoms with Gasteiger partial charge in [-0.05, 0) is 49.4 Å². The van der Waals surface area contributed by atoms with Crippen molar-refractivity contribution in [3.05, 3.63) is 102 Å². The molecule has 1 aromatic heterocycles. The summed E-state index contributed by atoms with van der Waals surface area (Å²) < 4.78 is 32.8. The molecule has 174 valence electrons. The van der Waals surface area contributed by atoms with Crippen LogP contribution in [0.4, 0.5) is 5.69 Å². The van der Waals surface area contributed by atoms with Crippen LogP contribution in [0, 0.1) is 6.92 Å². The molecule has 0 spiro atoms. The zero-order chi connectivity index (χ0) is 24.1. The van der Waals surface area contributed by atoms with Gasteiger partial charge in [-0.3, -0.25) is 9.10 Å². The molecule has 4 rings (SSSR count). The molecule has 0 aliphatic carbocycles. The number of anilines is 1. The van der Waals surface area contributed by atoms with E-state index in [0.717, 1.165) is 16.8 Å². The Morgan fingerprint density at radius 3 is 2.47 bits per heavy atom. The molecule has 0 aliphatic rings. The van der Waals surface area contributed by atoms with Crippen LogP contribution < -0.4 is 9.62 Å². The Bertz CT molecular complexity index is 1380. The second-order valence-electron chi connectivity index (χ2n) is 7.85. The molecule has 34 heavy (non-hydrogen) atoms. The fourth-order valence-corrected chi connectivity index (χ4v) is 4.63. The summed E-state index contributed by atoms with van der Waals surface area (Å²) in [6.07, 6.45) is 2.06. The number of amides is 1. The smallest absolute Gasteiger partial charge is 0.264 e. The molecule has 1 heterocycles. The van der Waals surface area contributed by atoms with E-state index < -0.39 is 10.0 Å². The average Bonchev–Trinajstić information content (AvgIpc) is 3.33. The molecule has 7 nitrogen and oxygen atoms in total. The molecule has 0 unspecified atom stereocenters. The number of sulfonamides is 1. The average molecular weight is 476 g/mol. The number of para-hydroxylation sites is 1. The number of carbonyl (C=O) groups is 1. The third-order valence-corrected chi connectivity index (χ3v) is 7.17. The van der Waals surface area contributed by atoms with Crippen LogP contribution in [0.2, 0.25) is 0 Å². The van der Waals surface area contributed by atoms with Gasteiger partial charge >= 0.3 is 0 Å². The van der Waals surface area contributed by atoms with E-state index in [1.54, 1.807) is 42.7 Å². The molecule has 0 bridgehead atoms. The van der Waals surface area contributed by atoms with Gasteiger partial charge in [-0.2, -0.15) is 0 Å². The standard InChI is InChI=1S/C26H25N3O4S/c1-19-11-13-20(14-12-19)26-28-22(18-33-26)15-16-27-25(30)21-7-6-10-24(17-21)34(31,32)29(2)23-8-4-3-5-9-23/h3-14,17-18H,15-16H2,1-2H3,(H,27,30). The molecule has 3 aromatic carbocycles. The third kappa shape index (κ3) is 5.18. The lowest BCUT2D eigenvalue weighted by atomic mass is 10.1. The van der Waals surface area contributed by atoms with Crippen molar-refractivity contribution in [2.24, 2.45) is 0 Å². The van der Waals surface area contributed by atoms with Gasteiger partial charge in [0.1, 0.15) is 6.26 Å². The van der Waals surface area contributed by atoms with E-state index in [0.29, 0.717) is 24.5 Å². The highest BCUT2D eigenvalue weighted by molar-refractivity contribution is 7.92. The quantitative estimate of drug-likeness (QED) is 0.407. The maximum atomic E-state index is 13.0. The molecule has 0 aliphatic heterocycles. The van der Waals surface area contributed by atoms with Crippen LogP contribution in [-0.4, -0.2) is 32.9 Å². The van der Waals surface area contributed by atoms with E-state index in [1.165, 1.54) is 23.5 Å². The van der Waals surface area contributed by atoms with Crippen LogP contribution in [0.15, 0.2) is 94.4 Å². The lowest BCUT2D eigenvalue weighted by molar-refractivity contribution is 0.0954. The minimum Gasteiger partial charge on any atom is -0.444 e. The maximum absolute atomic E-state index is 13.0. The molecule has 0 saturated carbocycles. The van der Waals surface area contributed by atoms with E-state index in [9.17, 15) is 13.2 Å². The maximum Gasteiger partial charge on any atom is 0.264 e. The topological polar surface area (TPSA) is 92.5 Å². The minimum absolute atomic E-state index is 0.0470. The minimum atomic E-state index is -3.81.